The van der Waals surface area contributed by atoms with Gasteiger partial charge >= 0.3 is 11.9 Å². The Kier molecular flexibility index (Phi) is 3.25. The van der Waals surface area contributed by atoms with Gasteiger partial charge in [0.05, 0.1) is 6.61 Å². The molecular formula is C8H13NO4. The summed E-state index contributed by atoms with van der Waals surface area (Å²) in [6.45, 7) is 2.05. The number of hydrogen-bond donors (Lipinski definition) is 2. The lowest BCUT2D eigenvalue weighted by atomic mass is 10.2. The molecule has 1 aliphatic rings. The molecule has 0 aromatic heterocycles. The molecule has 2 unspecified atom stereocenters. The topological polar surface area (TPSA) is 75.6 Å². The molecule has 0 spiro atoms. The molecule has 2 N–H and O–H groups in total. The van der Waals surface area contributed by atoms with Crippen molar-refractivity contribution in [1.29, 1.82) is 0 Å². The number of carbonyl (C=O) groups excluding carboxylic acids is 1. The molecule has 2 atom stereocenters. The highest BCUT2D eigenvalue weighted by molar-refractivity contribution is 5.80. The molecule has 1 heterocycles. The normalized spacial score (nSPS) is 27.2. The molecule has 0 aromatic carbocycles. The minimum absolute atomic E-state index is 0.328. The largest absolute Gasteiger partial charge is 0.480 e. The van der Waals surface area contributed by atoms with Gasteiger partial charge in [-0.15, -0.1) is 0 Å². The van der Waals surface area contributed by atoms with Crippen LogP contribution in [0.15, 0.2) is 0 Å². The maximum absolute atomic E-state index is 11.1. The zero-order valence-electron chi connectivity index (χ0n) is 7.45. The van der Waals surface area contributed by atoms with Crippen molar-refractivity contribution in [3.05, 3.63) is 0 Å². The third-order valence-corrected chi connectivity index (χ3v) is 2.02. The van der Waals surface area contributed by atoms with Crippen LogP contribution in [-0.2, 0) is 14.3 Å². The van der Waals surface area contributed by atoms with E-state index in [0.29, 0.717) is 19.4 Å². The maximum Gasteiger partial charge on any atom is 0.323 e. The third-order valence-electron chi connectivity index (χ3n) is 2.02. The first-order chi connectivity index (χ1) is 6.15. The van der Waals surface area contributed by atoms with Gasteiger partial charge in [0.1, 0.15) is 12.1 Å². The minimum atomic E-state index is -0.910. The van der Waals surface area contributed by atoms with Crippen LogP contribution in [0.4, 0.5) is 0 Å². The molecule has 74 valence electrons. The van der Waals surface area contributed by atoms with Gasteiger partial charge in [0.2, 0.25) is 0 Å². The van der Waals surface area contributed by atoms with Crippen molar-refractivity contribution in [1.82, 2.24) is 5.32 Å². The lowest BCUT2D eigenvalue weighted by Crippen LogP contribution is -2.40. The van der Waals surface area contributed by atoms with Gasteiger partial charge in [0.15, 0.2) is 0 Å². The first kappa shape index (κ1) is 9.98. The molecule has 1 fully saturated rings. The quantitative estimate of drug-likeness (QED) is 0.596. The van der Waals surface area contributed by atoms with Crippen LogP contribution in [0.2, 0.25) is 0 Å². The predicted molar refractivity (Wildman–Crippen MR) is 44.2 cm³/mol. The van der Waals surface area contributed by atoms with Crippen molar-refractivity contribution < 1.29 is 19.4 Å². The lowest BCUT2D eigenvalue weighted by molar-refractivity contribution is -0.145. The monoisotopic (exact) mass is 187 g/mol. The molecule has 1 rings (SSSR count). The smallest absolute Gasteiger partial charge is 0.323 e. The van der Waals surface area contributed by atoms with Crippen LogP contribution in [0.1, 0.15) is 19.8 Å². The van der Waals surface area contributed by atoms with Crippen LogP contribution in [0.25, 0.3) is 0 Å². The Morgan fingerprint density at radius 3 is 2.54 bits per heavy atom. The van der Waals surface area contributed by atoms with E-state index in [2.05, 4.69) is 5.32 Å². The van der Waals surface area contributed by atoms with E-state index in [1.807, 2.05) is 0 Å². The molecule has 0 aliphatic carbocycles. The molecule has 1 saturated heterocycles. The summed E-state index contributed by atoms with van der Waals surface area (Å²) in [5.41, 5.74) is 0. The zero-order chi connectivity index (χ0) is 9.84. The molecule has 1 aliphatic heterocycles. The Morgan fingerprint density at radius 2 is 2.08 bits per heavy atom. The Bertz CT molecular complexity index is 216. The van der Waals surface area contributed by atoms with Gasteiger partial charge in [-0.25, -0.2) is 0 Å². The highest BCUT2D eigenvalue weighted by Crippen LogP contribution is 2.13. The van der Waals surface area contributed by atoms with Gasteiger partial charge in [-0.3, -0.25) is 14.9 Å². The average Bonchev–Trinajstić information content (AvgIpc) is 2.52. The van der Waals surface area contributed by atoms with Crippen LogP contribution in [-0.4, -0.2) is 35.7 Å². The van der Waals surface area contributed by atoms with E-state index in [1.165, 1.54) is 0 Å². The molecule has 0 bridgehead atoms. The number of hydrogen-bond acceptors (Lipinski definition) is 4. The highest BCUT2D eigenvalue weighted by Gasteiger charge is 2.33. The summed E-state index contributed by atoms with van der Waals surface area (Å²) < 4.78 is 4.76. The van der Waals surface area contributed by atoms with Crippen LogP contribution in [0.3, 0.4) is 0 Å². The Labute approximate surface area is 76.1 Å². The van der Waals surface area contributed by atoms with Crippen molar-refractivity contribution in [2.75, 3.05) is 6.61 Å². The number of aliphatic carboxylic acids is 1. The zero-order valence-corrected chi connectivity index (χ0v) is 7.45. The predicted octanol–water partition coefficient (Wildman–Crippen LogP) is -0.245. The van der Waals surface area contributed by atoms with Gasteiger partial charge in [-0.2, -0.15) is 0 Å². The SMILES string of the molecule is CCOC(=O)C1CCC(C(=O)O)N1. The van der Waals surface area contributed by atoms with Crippen LogP contribution in [0, 0.1) is 0 Å². The first-order valence-corrected chi connectivity index (χ1v) is 4.30. The summed E-state index contributed by atoms with van der Waals surface area (Å²) in [4.78, 5) is 21.6. The van der Waals surface area contributed by atoms with E-state index in [-0.39, 0.29) is 5.97 Å². The van der Waals surface area contributed by atoms with Crippen molar-refractivity contribution in [2.24, 2.45) is 0 Å². The molecule has 0 saturated carbocycles. The molecule has 0 radical (unpaired) electrons. The van der Waals surface area contributed by atoms with E-state index in [0.717, 1.165) is 0 Å². The van der Waals surface area contributed by atoms with Crippen molar-refractivity contribution in [3.8, 4) is 0 Å². The van der Waals surface area contributed by atoms with Gasteiger partial charge in [0, 0.05) is 0 Å². The summed E-state index contributed by atoms with van der Waals surface area (Å²) in [6.07, 6.45) is 1.02. The number of rotatable bonds is 3. The van der Waals surface area contributed by atoms with Gasteiger partial charge < -0.3 is 9.84 Å². The molecule has 0 aromatic rings. The van der Waals surface area contributed by atoms with Crippen LogP contribution >= 0.6 is 0 Å². The lowest BCUT2D eigenvalue weighted by Gasteiger charge is -2.09. The summed E-state index contributed by atoms with van der Waals surface area (Å²) in [6, 6.07) is -1.05. The second kappa shape index (κ2) is 4.23. The maximum atomic E-state index is 11.1. The second-order valence-corrected chi connectivity index (χ2v) is 2.94. The summed E-state index contributed by atoms with van der Waals surface area (Å²) in [7, 11) is 0. The number of esters is 1. The fourth-order valence-electron chi connectivity index (χ4n) is 1.37. The summed E-state index contributed by atoms with van der Waals surface area (Å²) >= 11 is 0. The molecule has 0 amide bonds. The fraction of sp³-hybridized carbons (Fsp3) is 0.750. The Balaban J connectivity index is 2.40. The van der Waals surface area contributed by atoms with Crippen molar-refractivity contribution in [2.45, 2.75) is 31.8 Å². The molecular weight excluding hydrogens is 174 g/mol. The summed E-state index contributed by atoms with van der Waals surface area (Å²) in [5.74, 6) is -1.27. The Morgan fingerprint density at radius 1 is 1.46 bits per heavy atom. The van der Waals surface area contributed by atoms with Crippen LogP contribution in [0.5, 0.6) is 0 Å². The van der Waals surface area contributed by atoms with E-state index in [1.54, 1.807) is 6.92 Å². The average molecular weight is 187 g/mol. The van der Waals surface area contributed by atoms with Gasteiger partial charge in [-0.05, 0) is 19.8 Å². The third kappa shape index (κ3) is 2.42. The molecule has 5 nitrogen and oxygen atoms in total. The summed E-state index contributed by atoms with van der Waals surface area (Å²) in [5, 5.41) is 11.3. The number of ether oxygens (including phenoxy) is 1. The highest BCUT2D eigenvalue weighted by atomic mass is 16.5. The first-order valence-electron chi connectivity index (χ1n) is 4.30. The van der Waals surface area contributed by atoms with Gasteiger partial charge in [0.25, 0.3) is 0 Å². The van der Waals surface area contributed by atoms with Gasteiger partial charge in [-0.1, -0.05) is 0 Å². The van der Waals surface area contributed by atoms with E-state index < -0.39 is 18.1 Å². The van der Waals surface area contributed by atoms with E-state index >= 15 is 0 Å². The van der Waals surface area contributed by atoms with E-state index in [9.17, 15) is 9.59 Å². The van der Waals surface area contributed by atoms with Crippen molar-refractivity contribution >= 4 is 11.9 Å². The van der Waals surface area contributed by atoms with Crippen LogP contribution < -0.4 is 5.32 Å². The number of carbonyl (C=O) groups is 2. The fourth-order valence-corrected chi connectivity index (χ4v) is 1.37. The molecule has 13 heavy (non-hydrogen) atoms. The molecule has 5 heteroatoms. The number of nitrogens with one attached hydrogen (secondary N) is 1. The minimum Gasteiger partial charge on any atom is -0.480 e. The van der Waals surface area contributed by atoms with E-state index in [4.69, 9.17) is 9.84 Å². The standard InChI is InChI=1S/C8H13NO4/c1-2-13-8(12)6-4-3-5(9-6)7(10)11/h5-6,9H,2-4H2,1H3,(H,10,11). The number of carboxylic acid groups (broad SMARTS) is 1. The second-order valence-electron chi connectivity index (χ2n) is 2.94. The Hall–Kier alpha value is -1.10. The van der Waals surface area contributed by atoms with Crippen molar-refractivity contribution in [3.63, 3.8) is 0 Å². The number of carboxylic acids is 1.